The minimum atomic E-state index is -1.19. The number of amides is 2. The number of hydrogen-bond donors (Lipinski definition) is 2. The van der Waals surface area contributed by atoms with E-state index in [0.717, 1.165) is 6.07 Å². The molecule has 150 valence electrons. The van der Waals surface area contributed by atoms with Crippen LogP contribution in [0.25, 0.3) is 11.0 Å². The van der Waals surface area contributed by atoms with Crippen LogP contribution in [0.3, 0.4) is 0 Å². The van der Waals surface area contributed by atoms with Gasteiger partial charge in [-0.15, -0.1) is 0 Å². The van der Waals surface area contributed by atoms with Crippen LogP contribution >= 0.6 is 11.6 Å². The molecular weight excluding hydrogens is 414 g/mol. The zero-order valence-electron chi connectivity index (χ0n) is 15.2. The Morgan fingerprint density at radius 1 is 0.900 bits per heavy atom. The quantitative estimate of drug-likeness (QED) is 0.419. The molecule has 0 aliphatic heterocycles. The molecule has 0 aliphatic rings. The average Bonchev–Trinajstić information content (AvgIpc) is 2.71. The summed E-state index contributed by atoms with van der Waals surface area (Å²) in [5.41, 5.74) is 1.61. The molecular formula is C21H13ClF2N4O2. The number of rotatable bonds is 4. The average molecular weight is 427 g/mol. The molecule has 6 nitrogen and oxygen atoms in total. The zero-order valence-corrected chi connectivity index (χ0v) is 16.0. The summed E-state index contributed by atoms with van der Waals surface area (Å²) in [6.45, 7) is 0. The topological polar surface area (TPSA) is 76.1 Å². The van der Waals surface area contributed by atoms with Crippen molar-refractivity contribution in [1.82, 2.24) is 9.97 Å². The molecule has 4 aromatic rings. The Balaban J connectivity index is 1.54. The van der Waals surface area contributed by atoms with Crippen molar-refractivity contribution in [2.24, 2.45) is 0 Å². The standard InChI is InChI=1S/C21H13ClF2N4O2/c22-12-2-1-3-13(8-12)27-21(29)28-14-9-16(23)20(24)19(10-14)30-15-4-5-17-18(11-15)26-7-6-25-17/h1-11H,(H2,27,28,29). The van der Waals surface area contributed by atoms with Crippen LogP contribution in [0, 0.1) is 11.6 Å². The molecule has 0 bridgehead atoms. The van der Waals surface area contributed by atoms with Crippen LogP contribution in [0.4, 0.5) is 25.0 Å². The van der Waals surface area contributed by atoms with Gasteiger partial charge in [0, 0.05) is 47.0 Å². The van der Waals surface area contributed by atoms with Gasteiger partial charge >= 0.3 is 6.03 Å². The Morgan fingerprint density at radius 3 is 2.47 bits per heavy atom. The number of benzene rings is 3. The number of aromatic nitrogens is 2. The van der Waals surface area contributed by atoms with Gasteiger partial charge in [-0.3, -0.25) is 9.97 Å². The van der Waals surface area contributed by atoms with Gasteiger partial charge in [0.15, 0.2) is 11.6 Å². The van der Waals surface area contributed by atoms with E-state index < -0.39 is 23.4 Å². The number of hydrogen-bond acceptors (Lipinski definition) is 4. The second kappa shape index (κ2) is 8.30. The summed E-state index contributed by atoms with van der Waals surface area (Å²) in [7, 11) is 0. The van der Waals surface area contributed by atoms with E-state index in [2.05, 4.69) is 20.6 Å². The normalized spacial score (nSPS) is 10.6. The van der Waals surface area contributed by atoms with Crippen molar-refractivity contribution in [3.8, 4) is 11.5 Å². The number of carbonyl (C=O) groups is 1. The summed E-state index contributed by atoms with van der Waals surface area (Å²) in [6.07, 6.45) is 3.05. The van der Waals surface area contributed by atoms with Gasteiger partial charge in [0.05, 0.1) is 11.0 Å². The summed E-state index contributed by atoms with van der Waals surface area (Å²) in [5.74, 6) is -2.51. The summed E-state index contributed by atoms with van der Waals surface area (Å²) in [5, 5.41) is 5.42. The molecule has 0 saturated heterocycles. The molecule has 2 amide bonds. The van der Waals surface area contributed by atoms with E-state index in [-0.39, 0.29) is 11.4 Å². The summed E-state index contributed by atoms with van der Waals surface area (Å²) < 4.78 is 33.8. The second-order valence-corrected chi connectivity index (χ2v) is 6.61. The fraction of sp³-hybridized carbons (Fsp3) is 0. The predicted octanol–water partition coefficient (Wildman–Crippen LogP) is 6.00. The van der Waals surface area contributed by atoms with Crippen molar-refractivity contribution in [3.63, 3.8) is 0 Å². The highest BCUT2D eigenvalue weighted by atomic mass is 35.5. The lowest BCUT2D eigenvalue weighted by molar-refractivity contribution is 0.262. The van der Waals surface area contributed by atoms with Gasteiger partial charge in [-0.05, 0) is 30.3 Å². The molecule has 9 heteroatoms. The Labute approximate surface area is 174 Å². The molecule has 1 aromatic heterocycles. The van der Waals surface area contributed by atoms with Gasteiger partial charge < -0.3 is 15.4 Å². The number of carbonyl (C=O) groups excluding carboxylic acids is 1. The fourth-order valence-electron chi connectivity index (χ4n) is 2.70. The number of fused-ring (bicyclic) bond motifs is 1. The van der Waals surface area contributed by atoms with Gasteiger partial charge in [-0.2, -0.15) is 4.39 Å². The first-order valence-electron chi connectivity index (χ1n) is 8.69. The zero-order chi connectivity index (χ0) is 21.1. The summed E-state index contributed by atoms with van der Waals surface area (Å²) in [4.78, 5) is 20.4. The Hall–Kier alpha value is -3.78. The highest BCUT2D eigenvalue weighted by Gasteiger charge is 2.15. The smallest absolute Gasteiger partial charge is 0.323 e. The van der Waals surface area contributed by atoms with Crippen molar-refractivity contribution in [3.05, 3.63) is 83.6 Å². The number of ether oxygens (including phenoxy) is 1. The Morgan fingerprint density at radius 2 is 1.67 bits per heavy atom. The van der Waals surface area contributed by atoms with Crippen LogP contribution in [-0.4, -0.2) is 16.0 Å². The molecule has 1 heterocycles. The molecule has 0 aliphatic carbocycles. The van der Waals surface area contributed by atoms with Crippen LogP contribution in [0.2, 0.25) is 5.02 Å². The van der Waals surface area contributed by atoms with E-state index in [1.807, 2.05) is 0 Å². The lowest BCUT2D eigenvalue weighted by atomic mass is 10.2. The molecule has 0 spiro atoms. The first-order valence-corrected chi connectivity index (χ1v) is 9.07. The molecule has 30 heavy (non-hydrogen) atoms. The van der Waals surface area contributed by atoms with E-state index in [1.54, 1.807) is 48.7 Å². The monoisotopic (exact) mass is 426 g/mol. The molecule has 2 N–H and O–H groups in total. The third kappa shape index (κ3) is 4.44. The summed E-state index contributed by atoms with van der Waals surface area (Å²) >= 11 is 5.87. The van der Waals surface area contributed by atoms with Gasteiger partial charge in [0.25, 0.3) is 0 Å². The van der Waals surface area contributed by atoms with Crippen LogP contribution in [-0.2, 0) is 0 Å². The highest BCUT2D eigenvalue weighted by molar-refractivity contribution is 6.30. The van der Waals surface area contributed by atoms with Crippen LogP contribution in [0.5, 0.6) is 11.5 Å². The minimum absolute atomic E-state index is 0.00371. The Kier molecular flexibility index (Phi) is 5.40. The molecule has 0 unspecified atom stereocenters. The molecule has 0 atom stereocenters. The molecule has 0 saturated carbocycles. The SMILES string of the molecule is O=C(Nc1cccc(Cl)c1)Nc1cc(F)c(F)c(Oc2ccc3nccnc3c2)c1. The maximum absolute atomic E-state index is 14.2. The van der Waals surface area contributed by atoms with Crippen molar-refractivity contribution >= 4 is 40.0 Å². The minimum Gasteiger partial charge on any atom is -0.454 e. The first-order chi connectivity index (χ1) is 14.5. The largest absolute Gasteiger partial charge is 0.454 e. The molecule has 3 aromatic carbocycles. The van der Waals surface area contributed by atoms with Crippen molar-refractivity contribution < 1.29 is 18.3 Å². The van der Waals surface area contributed by atoms with E-state index in [4.69, 9.17) is 16.3 Å². The van der Waals surface area contributed by atoms with Crippen LogP contribution < -0.4 is 15.4 Å². The number of nitrogens with one attached hydrogen (secondary N) is 2. The third-order valence-corrected chi connectivity index (χ3v) is 4.24. The van der Waals surface area contributed by atoms with Gasteiger partial charge in [0.1, 0.15) is 5.75 Å². The van der Waals surface area contributed by atoms with Gasteiger partial charge in [-0.25, -0.2) is 9.18 Å². The third-order valence-electron chi connectivity index (χ3n) is 4.00. The highest BCUT2D eigenvalue weighted by Crippen LogP contribution is 2.30. The predicted molar refractivity (Wildman–Crippen MR) is 110 cm³/mol. The number of urea groups is 1. The molecule has 0 fully saturated rings. The lowest BCUT2D eigenvalue weighted by Crippen LogP contribution is -2.19. The summed E-state index contributed by atoms with van der Waals surface area (Å²) in [6, 6.07) is 12.6. The van der Waals surface area contributed by atoms with Crippen LogP contribution in [0.1, 0.15) is 0 Å². The maximum Gasteiger partial charge on any atom is 0.323 e. The van der Waals surface area contributed by atoms with E-state index in [9.17, 15) is 13.6 Å². The molecule has 4 rings (SSSR count). The first kappa shape index (κ1) is 19.5. The van der Waals surface area contributed by atoms with Crippen LogP contribution in [0.15, 0.2) is 67.0 Å². The number of anilines is 2. The van der Waals surface area contributed by atoms with Gasteiger partial charge in [0.2, 0.25) is 5.82 Å². The Bertz CT molecular complexity index is 1250. The van der Waals surface area contributed by atoms with E-state index >= 15 is 0 Å². The molecule has 0 radical (unpaired) electrons. The van der Waals surface area contributed by atoms with E-state index in [1.165, 1.54) is 12.3 Å². The second-order valence-electron chi connectivity index (χ2n) is 6.17. The number of nitrogens with zero attached hydrogens (tertiary/aromatic N) is 2. The van der Waals surface area contributed by atoms with E-state index in [0.29, 0.717) is 21.7 Å². The number of halogens is 3. The van der Waals surface area contributed by atoms with Crippen molar-refractivity contribution in [2.45, 2.75) is 0 Å². The fourth-order valence-corrected chi connectivity index (χ4v) is 2.89. The van der Waals surface area contributed by atoms with Gasteiger partial charge in [-0.1, -0.05) is 17.7 Å². The maximum atomic E-state index is 14.2. The lowest BCUT2D eigenvalue weighted by Gasteiger charge is -2.12. The van der Waals surface area contributed by atoms with Crippen molar-refractivity contribution in [2.75, 3.05) is 10.6 Å². The van der Waals surface area contributed by atoms with Crippen molar-refractivity contribution in [1.29, 1.82) is 0 Å².